The minimum Gasteiger partial charge on any atom is -0.288 e. The van der Waals surface area contributed by atoms with Gasteiger partial charge in [-0.05, 0) is 18.1 Å². The molecule has 6 heteroatoms. The molecule has 1 aromatic carbocycles. The molecule has 2 aromatic rings. The number of alkyl halides is 1. The number of amides is 1. The minimum atomic E-state index is -0.301. The number of benzene rings is 1. The van der Waals surface area contributed by atoms with Gasteiger partial charge in [-0.1, -0.05) is 27.3 Å². The predicted octanol–water partition coefficient (Wildman–Crippen LogP) is 3.18. The summed E-state index contributed by atoms with van der Waals surface area (Å²) in [7, 11) is 0. The van der Waals surface area contributed by atoms with Crippen molar-refractivity contribution in [2.45, 2.75) is 6.42 Å². The van der Waals surface area contributed by atoms with Gasteiger partial charge in [-0.3, -0.25) is 9.69 Å². The molecule has 1 aliphatic rings. The zero-order chi connectivity index (χ0) is 12.7. The highest BCUT2D eigenvalue weighted by molar-refractivity contribution is 9.09. The van der Waals surface area contributed by atoms with Crippen LogP contribution in [-0.4, -0.2) is 22.8 Å². The number of hydrogen-bond acceptors (Lipinski definition) is 3. The number of aromatic nitrogens is 1. The first-order valence-electron chi connectivity index (χ1n) is 5.60. The van der Waals surface area contributed by atoms with Crippen molar-refractivity contribution < 1.29 is 9.18 Å². The molecule has 0 N–H and O–H groups in total. The average Bonchev–Trinajstić information content (AvgIpc) is 2.91. The van der Waals surface area contributed by atoms with Crippen molar-refractivity contribution in [2.75, 3.05) is 16.8 Å². The second kappa shape index (κ2) is 4.59. The van der Waals surface area contributed by atoms with Gasteiger partial charge >= 0.3 is 0 Å². The van der Waals surface area contributed by atoms with E-state index in [9.17, 15) is 9.18 Å². The molecule has 2 heterocycles. The molecule has 1 aromatic heterocycles. The molecule has 1 aliphatic heterocycles. The molecule has 1 atom stereocenters. The molecule has 0 spiro atoms. The predicted molar refractivity (Wildman–Crippen MR) is 73.8 cm³/mol. The number of anilines is 1. The van der Waals surface area contributed by atoms with Gasteiger partial charge in [0.2, 0.25) is 5.91 Å². The fourth-order valence-electron chi connectivity index (χ4n) is 2.07. The van der Waals surface area contributed by atoms with E-state index in [2.05, 4.69) is 20.9 Å². The fraction of sp³-hybridized carbons (Fsp3) is 0.333. The van der Waals surface area contributed by atoms with E-state index in [1.165, 1.54) is 23.5 Å². The molecule has 3 nitrogen and oxygen atoms in total. The Morgan fingerprint density at radius 1 is 1.56 bits per heavy atom. The molecule has 0 bridgehead atoms. The Hall–Kier alpha value is -1.01. The van der Waals surface area contributed by atoms with Crippen molar-refractivity contribution in [3.8, 4) is 0 Å². The Morgan fingerprint density at radius 3 is 3.11 bits per heavy atom. The number of thiazole rings is 1. The van der Waals surface area contributed by atoms with Crippen LogP contribution in [-0.2, 0) is 4.79 Å². The smallest absolute Gasteiger partial charge is 0.229 e. The van der Waals surface area contributed by atoms with Crippen LogP contribution in [0.2, 0.25) is 0 Å². The molecule has 3 rings (SSSR count). The Labute approximate surface area is 116 Å². The van der Waals surface area contributed by atoms with Gasteiger partial charge in [-0.2, -0.15) is 0 Å². The summed E-state index contributed by atoms with van der Waals surface area (Å²) in [6.07, 6.45) is 0.551. The molecule has 18 heavy (non-hydrogen) atoms. The Balaban J connectivity index is 1.97. The molecule has 1 unspecified atom stereocenters. The summed E-state index contributed by atoms with van der Waals surface area (Å²) >= 11 is 4.83. The molecule has 1 fully saturated rings. The topological polar surface area (TPSA) is 33.2 Å². The second-order valence-corrected chi connectivity index (χ2v) is 5.99. The Bertz CT molecular complexity index is 615. The largest absolute Gasteiger partial charge is 0.288 e. The van der Waals surface area contributed by atoms with E-state index in [0.29, 0.717) is 29.5 Å². The van der Waals surface area contributed by atoms with Crippen molar-refractivity contribution in [3.05, 3.63) is 24.0 Å². The van der Waals surface area contributed by atoms with Gasteiger partial charge in [-0.25, -0.2) is 9.37 Å². The van der Waals surface area contributed by atoms with Crippen molar-refractivity contribution >= 4 is 48.5 Å². The van der Waals surface area contributed by atoms with Gasteiger partial charge in [0.05, 0.1) is 10.2 Å². The van der Waals surface area contributed by atoms with Crippen LogP contribution in [0.4, 0.5) is 9.52 Å². The Morgan fingerprint density at radius 2 is 2.39 bits per heavy atom. The third-order valence-corrected chi connectivity index (χ3v) is 4.97. The van der Waals surface area contributed by atoms with Crippen LogP contribution in [0, 0.1) is 11.7 Å². The number of hydrogen-bond donors (Lipinski definition) is 0. The highest BCUT2D eigenvalue weighted by Crippen LogP contribution is 2.33. The SMILES string of the molecule is O=C1CC(CBr)CN1c1nc2cc(F)ccc2s1. The number of carbonyl (C=O) groups is 1. The summed E-state index contributed by atoms with van der Waals surface area (Å²) < 4.78 is 14.0. The fourth-order valence-corrected chi connectivity index (χ4v) is 3.48. The van der Waals surface area contributed by atoms with E-state index >= 15 is 0 Å². The van der Waals surface area contributed by atoms with E-state index in [0.717, 1.165) is 10.0 Å². The number of nitrogens with zero attached hydrogens (tertiary/aromatic N) is 2. The molecule has 0 radical (unpaired) electrons. The average molecular weight is 329 g/mol. The summed E-state index contributed by atoms with van der Waals surface area (Å²) in [6.45, 7) is 0.687. The van der Waals surface area contributed by atoms with E-state index in [1.54, 1.807) is 11.0 Å². The van der Waals surface area contributed by atoms with Crippen molar-refractivity contribution in [1.82, 2.24) is 4.98 Å². The summed E-state index contributed by atoms with van der Waals surface area (Å²) in [4.78, 5) is 17.9. The highest BCUT2D eigenvalue weighted by atomic mass is 79.9. The normalized spacial score (nSPS) is 20.0. The van der Waals surface area contributed by atoms with Crippen LogP contribution in [0.25, 0.3) is 10.2 Å². The number of halogens is 2. The van der Waals surface area contributed by atoms with Crippen LogP contribution in [0.3, 0.4) is 0 Å². The molecule has 0 saturated carbocycles. The molecule has 94 valence electrons. The maximum atomic E-state index is 13.1. The third kappa shape index (κ3) is 2.03. The summed E-state index contributed by atoms with van der Waals surface area (Å²) in [5.41, 5.74) is 0.616. The summed E-state index contributed by atoms with van der Waals surface area (Å²) in [5, 5.41) is 1.48. The lowest BCUT2D eigenvalue weighted by molar-refractivity contribution is -0.117. The lowest BCUT2D eigenvalue weighted by atomic mass is 10.2. The van der Waals surface area contributed by atoms with Crippen LogP contribution in [0.1, 0.15) is 6.42 Å². The first-order valence-corrected chi connectivity index (χ1v) is 7.53. The zero-order valence-electron chi connectivity index (χ0n) is 9.40. The minimum absolute atomic E-state index is 0.0963. The van der Waals surface area contributed by atoms with Crippen molar-refractivity contribution in [2.24, 2.45) is 5.92 Å². The summed E-state index contributed by atoms with van der Waals surface area (Å²) in [6, 6.07) is 4.52. The molecule has 1 saturated heterocycles. The lowest BCUT2D eigenvalue weighted by Crippen LogP contribution is -2.24. The van der Waals surface area contributed by atoms with Crippen LogP contribution < -0.4 is 4.90 Å². The lowest BCUT2D eigenvalue weighted by Gasteiger charge is -2.11. The van der Waals surface area contributed by atoms with E-state index in [-0.39, 0.29) is 11.7 Å². The van der Waals surface area contributed by atoms with Crippen molar-refractivity contribution in [1.29, 1.82) is 0 Å². The standard InChI is InChI=1S/C12H10BrFN2OS/c13-5-7-3-11(17)16(6-7)12-15-9-4-8(14)1-2-10(9)18-12/h1-2,4,7H,3,5-6H2. The van der Waals surface area contributed by atoms with E-state index < -0.39 is 0 Å². The molecule has 0 aliphatic carbocycles. The van der Waals surface area contributed by atoms with Gasteiger partial charge in [0, 0.05) is 24.4 Å². The third-order valence-electron chi connectivity index (χ3n) is 2.99. The summed E-state index contributed by atoms with van der Waals surface area (Å²) in [5.74, 6) is 0.130. The first-order chi connectivity index (χ1) is 8.67. The Kier molecular flexibility index (Phi) is 3.07. The molecular weight excluding hydrogens is 319 g/mol. The van der Waals surface area contributed by atoms with Crippen LogP contribution >= 0.6 is 27.3 Å². The van der Waals surface area contributed by atoms with Gasteiger partial charge in [-0.15, -0.1) is 0 Å². The van der Waals surface area contributed by atoms with Crippen LogP contribution in [0.5, 0.6) is 0 Å². The number of rotatable bonds is 2. The molecule has 1 amide bonds. The van der Waals surface area contributed by atoms with Gasteiger partial charge < -0.3 is 0 Å². The monoisotopic (exact) mass is 328 g/mol. The zero-order valence-corrected chi connectivity index (χ0v) is 11.8. The van der Waals surface area contributed by atoms with E-state index in [1.807, 2.05) is 0 Å². The van der Waals surface area contributed by atoms with Gasteiger partial charge in [0.25, 0.3) is 0 Å². The van der Waals surface area contributed by atoms with Crippen molar-refractivity contribution in [3.63, 3.8) is 0 Å². The van der Waals surface area contributed by atoms with E-state index in [4.69, 9.17) is 0 Å². The first kappa shape index (κ1) is 12.0. The maximum Gasteiger partial charge on any atom is 0.229 e. The van der Waals surface area contributed by atoms with Gasteiger partial charge in [0.15, 0.2) is 5.13 Å². The second-order valence-electron chi connectivity index (χ2n) is 4.34. The highest BCUT2D eigenvalue weighted by Gasteiger charge is 2.31. The van der Waals surface area contributed by atoms with Crippen LogP contribution in [0.15, 0.2) is 18.2 Å². The van der Waals surface area contributed by atoms with Gasteiger partial charge in [0.1, 0.15) is 5.82 Å². The quantitative estimate of drug-likeness (QED) is 0.793. The maximum absolute atomic E-state index is 13.1. The number of fused-ring (bicyclic) bond motifs is 1. The molecular formula is C12H10BrFN2OS. The number of carbonyl (C=O) groups excluding carboxylic acids is 1.